The second-order valence-electron chi connectivity index (χ2n) is 2.94. The first-order valence-electron chi connectivity index (χ1n) is 4.59. The molecule has 14 heavy (non-hydrogen) atoms. The smallest absolute Gasteiger partial charge is 0.229 e. The summed E-state index contributed by atoms with van der Waals surface area (Å²) in [6.45, 7) is 4.18. The Balaban J connectivity index is 2.75. The fourth-order valence-corrected chi connectivity index (χ4v) is 1.27. The molecule has 0 saturated heterocycles. The number of anilines is 2. The third-order valence-electron chi connectivity index (χ3n) is 1.94. The number of aromatic nitrogens is 3. The quantitative estimate of drug-likeness (QED) is 0.800. The third-order valence-corrected chi connectivity index (χ3v) is 2.11. The van der Waals surface area contributed by atoms with E-state index in [0.717, 1.165) is 12.8 Å². The van der Waals surface area contributed by atoms with Crippen molar-refractivity contribution in [2.24, 2.45) is 0 Å². The van der Waals surface area contributed by atoms with Gasteiger partial charge < -0.3 is 11.1 Å². The van der Waals surface area contributed by atoms with Crippen LogP contribution in [0.4, 0.5) is 11.9 Å². The number of nitrogens with zero attached hydrogens (tertiary/aromatic N) is 3. The summed E-state index contributed by atoms with van der Waals surface area (Å²) in [4.78, 5) is 11.5. The molecule has 0 saturated carbocycles. The van der Waals surface area contributed by atoms with E-state index < -0.39 is 0 Å². The van der Waals surface area contributed by atoms with Crippen LogP contribution >= 0.6 is 11.6 Å². The molecule has 1 aromatic heterocycles. The van der Waals surface area contributed by atoms with Crippen LogP contribution in [0.1, 0.15) is 26.7 Å². The average Bonchev–Trinajstić information content (AvgIpc) is 2.12. The zero-order valence-corrected chi connectivity index (χ0v) is 9.04. The van der Waals surface area contributed by atoms with E-state index in [-0.39, 0.29) is 11.2 Å². The SMILES string of the molecule is CCC(CC)Nc1nc(N)nc(Cl)n1. The second-order valence-corrected chi connectivity index (χ2v) is 3.28. The molecule has 0 radical (unpaired) electrons. The fourth-order valence-electron chi connectivity index (χ4n) is 1.11. The number of hydrogen-bond acceptors (Lipinski definition) is 5. The predicted octanol–water partition coefficient (Wildman–Crippen LogP) is 1.71. The van der Waals surface area contributed by atoms with Crippen molar-refractivity contribution in [1.29, 1.82) is 0 Å². The number of nitrogens with two attached hydrogens (primary N) is 1. The number of nitrogen functional groups attached to an aromatic ring is 1. The molecule has 1 rings (SSSR count). The Morgan fingerprint density at radius 1 is 1.29 bits per heavy atom. The van der Waals surface area contributed by atoms with Gasteiger partial charge in [0.2, 0.25) is 17.2 Å². The Kier molecular flexibility index (Phi) is 3.88. The average molecular weight is 216 g/mol. The molecule has 0 amide bonds. The van der Waals surface area contributed by atoms with Crippen LogP contribution in [0, 0.1) is 0 Å². The number of hydrogen-bond donors (Lipinski definition) is 2. The van der Waals surface area contributed by atoms with Crippen LogP contribution < -0.4 is 11.1 Å². The lowest BCUT2D eigenvalue weighted by atomic mass is 10.2. The Morgan fingerprint density at radius 3 is 2.43 bits per heavy atom. The minimum Gasteiger partial charge on any atom is -0.368 e. The molecule has 78 valence electrons. The molecule has 0 aromatic carbocycles. The molecule has 0 fully saturated rings. The predicted molar refractivity (Wildman–Crippen MR) is 57.2 cm³/mol. The van der Waals surface area contributed by atoms with E-state index in [1.165, 1.54) is 0 Å². The van der Waals surface area contributed by atoms with Crippen molar-refractivity contribution in [1.82, 2.24) is 15.0 Å². The van der Waals surface area contributed by atoms with E-state index in [4.69, 9.17) is 17.3 Å². The molecule has 6 heteroatoms. The van der Waals surface area contributed by atoms with Crippen molar-refractivity contribution in [3.05, 3.63) is 5.28 Å². The highest BCUT2D eigenvalue weighted by atomic mass is 35.5. The Bertz CT molecular complexity index is 280. The summed E-state index contributed by atoms with van der Waals surface area (Å²) < 4.78 is 0. The van der Waals surface area contributed by atoms with Gasteiger partial charge in [0, 0.05) is 6.04 Å². The van der Waals surface area contributed by atoms with Crippen LogP contribution in [-0.4, -0.2) is 21.0 Å². The van der Waals surface area contributed by atoms with E-state index in [0.29, 0.717) is 12.0 Å². The lowest BCUT2D eigenvalue weighted by Gasteiger charge is -2.14. The molecular formula is C8H14ClN5. The van der Waals surface area contributed by atoms with Crippen molar-refractivity contribution in [3.8, 4) is 0 Å². The molecular weight excluding hydrogens is 202 g/mol. The summed E-state index contributed by atoms with van der Waals surface area (Å²) >= 11 is 5.64. The zero-order valence-electron chi connectivity index (χ0n) is 8.29. The molecule has 1 heterocycles. The molecule has 5 nitrogen and oxygen atoms in total. The second kappa shape index (κ2) is 4.95. The normalized spacial score (nSPS) is 10.6. The van der Waals surface area contributed by atoms with Gasteiger partial charge in [0.15, 0.2) is 0 Å². The number of nitrogens with one attached hydrogen (secondary N) is 1. The fraction of sp³-hybridized carbons (Fsp3) is 0.625. The molecule has 0 aliphatic carbocycles. The van der Waals surface area contributed by atoms with Gasteiger partial charge in [-0.3, -0.25) is 0 Å². The highest BCUT2D eigenvalue weighted by molar-refractivity contribution is 6.28. The topological polar surface area (TPSA) is 76.7 Å². The maximum absolute atomic E-state index is 5.64. The highest BCUT2D eigenvalue weighted by Gasteiger charge is 2.07. The summed E-state index contributed by atoms with van der Waals surface area (Å²) in [7, 11) is 0. The number of rotatable bonds is 4. The van der Waals surface area contributed by atoms with Crippen molar-refractivity contribution >= 4 is 23.5 Å². The minimum absolute atomic E-state index is 0.117. The van der Waals surface area contributed by atoms with Gasteiger partial charge in [-0.25, -0.2) is 0 Å². The minimum atomic E-state index is 0.117. The van der Waals surface area contributed by atoms with E-state index in [1.807, 2.05) is 0 Å². The molecule has 3 N–H and O–H groups in total. The largest absolute Gasteiger partial charge is 0.368 e. The van der Waals surface area contributed by atoms with E-state index in [2.05, 4.69) is 34.1 Å². The van der Waals surface area contributed by atoms with E-state index in [1.54, 1.807) is 0 Å². The van der Waals surface area contributed by atoms with Crippen molar-refractivity contribution in [2.45, 2.75) is 32.7 Å². The maximum atomic E-state index is 5.64. The molecule has 0 unspecified atom stereocenters. The van der Waals surface area contributed by atoms with Gasteiger partial charge in [0.05, 0.1) is 0 Å². The van der Waals surface area contributed by atoms with Gasteiger partial charge >= 0.3 is 0 Å². The lowest BCUT2D eigenvalue weighted by Crippen LogP contribution is -2.19. The lowest BCUT2D eigenvalue weighted by molar-refractivity contribution is 0.664. The van der Waals surface area contributed by atoms with Crippen LogP contribution in [0.25, 0.3) is 0 Å². The zero-order chi connectivity index (χ0) is 10.6. The van der Waals surface area contributed by atoms with Crippen molar-refractivity contribution in [3.63, 3.8) is 0 Å². The molecule has 1 aromatic rings. The first-order chi connectivity index (χ1) is 6.65. The number of halogens is 1. The molecule has 0 spiro atoms. The van der Waals surface area contributed by atoms with Crippen LogP contribution in [0.15, 0.2) is 0 Å². The van der Waals surface area contributed by atoms with E-state index >= 15 is 0 Å². The Morgan fingerprint density at radius 2 is 1.93 bits per heavy atom. The Hall–Kier alpha value is -1.10. The monoisotopic (exact) mass is 215 g/mol. The molecule has 0 atom stereocenters. The van der Waals surface area contributed by atoms with Crippen LogP contribution in [0.5, 0.6) is 0 Å². The van der Waals surface area contributed by atoms with Gasteiger partial charge in [0.1, 0.15) is 0 Å². The third kappa shape index (κ3) is 2.99. The van der Waals surface area contributed by atoms with Gasteiger partial charge in [0.25, 0.3) is 0 Å². The standard InChI is InChI=1S/C8H14ClN5/c1-3-5(4-2)11-8-13-6(9)12-7(10)14-8/h5H,3-4H2,1-2H3,(H3,10,11,12,13,14). The van der Waals surface area contributed by atoms with E-state index in [9.17, 15) is 0 Å². The highest BCUT2D eigenvalue weighted by Crippen LogP contribution is 2.10. The Labute approximate surface area is 88.1 Å². The van der Waals surface area contributed by atoms with Crippen LogP contribution in [-0.2, 0) is 0 Å². The molecule has 0 aliphatic heterocycles. The van der Waals surface area contributed by atoms with Gasteiger partial charge in [-0.1, -0.05) is 13.8 Å². The van der Waals surface area contributed by atoms with Crippen molar-refractivity contribution < 1.29 is 0 Å². The molecule has 0 aliphatic rings. The summed E-state index contributed by atoms with van der Waals surface area (Å²) in [5.41, 5.74) is 5.43. The van der Waals surface area contributed by atoms with Crippen molar-refractivity contribution in [2.75, 3.05) is 11.1 Å². The first-order valence-corrected chi connectivity index (χ1v) is 4.97. The van der Waals surface area contributed by atoms with Crippen LogP contribution in [0.3, 0.4) is 0 Å². The first kappa shape index (κ1) is 11.0. The summed E-state index contributed by atoms with van der Waals surface area (Å²) in [6, 6.07) is 0.341. The molecule has 0 bridgehead atoms. The maximum Gasteiger partial charge on any atom is 0.229 e. The van der Waals surface area contributed by atoms with Crippen LogP contribution in [0.2, 0.25) is 5.28 Å². The summed E-state index contributed by atoms with van der Waals surface area (Å²) in [5.74, 6) is 0.578. The summed E-state index contributed by atoms with van der Waals surface area (Å²) in [6.07, 6.45) is 2.00. The van der Waals surface area contributed by atoms with Gasteiger partial charge in [-0.05, 0) is 24.4 Å². The summed E-state index contributed by atoms with van der Waals surface area (Å²) in [5, 5.41) is 3.25. The van der Waals surface area contributed by atoms with Gasteiger partial charge in [-0.2, -0.15) is 15.0 Å². The van der Waals surface area contributed by atoms with Gasteiger partial charge in [-0.15, -0.1) is 0 Å².